The van der Waals surface area contributed by atoms with Crippen LogP contribution in [-0.4, -0.2) is 49.1 Å². The van der Waals surface area contributed by atoms with E-state index in [4.69, 9.17) is 0 Å². The monoisotopic (exact) mass is 242 g/mol. The van der Waals surface area contributed by atoms with Crippen LogP contribution in [0.1, 0.15) is 32.1 Å². The molecule has 0 saturated carbocycles. The highest BCUT2D eigenvalue weighted by molar-refractivity contribution is 7.99. The summed E-state index contributed by atoms with van der Waals surface area (Å²) in [7, 11) is 0. The molecule has 16 heavy (non-hydrogen) atoms. The molecule has 0 aromatic heterocycles. The molecule has 0 aromatic rings. The van der Waals surface area contributed by atoms with Crippen LogP contribution in [0, 0.1) is 5.92 Å². The third-order valence-corrected chi connectivity index (χ3v) is 4.85. The lowest BCUT2D eigenvalue weighted by Gasteiger charge is -2.22. The van der Waals surface area contributed by atoms with Crippen molar-refractivity contribution in [1.29, 1.82) is 0 Å². The molecule has 2 fully saturated rings. The van der Waals surface area contributed by atoms with Crippen molar-refractivity contribution in [2.75, 3.05) is 44.2 Å². The molecule has 2 rings (SSSR count). The van der Waals surface area contributed by atoms with Gasteiger partial charge in [0.1, 0.15) is 0 Å². The quantitative estimate of drug-likeness (QED) is 0.719. The molecule has 2 aliphatic rings. The Morgan fingerprint density at radius 2 is 1.88 bits per heavy atom. The predicted octanol–water partition coefficient (Wildman–Crippen LogP) is 2.21. The number of hydrogen-bond acceptors (Lipinski definition) is 3. The number of hydrogen-bond donors (Lipinski definition) is 1. The fourth-order valence-corrected chi connectivity index (χ4v) is 3.89. The maximum absolute atomic E-state index is 3.64. The fraction of sp³-hybridized carbons (Fsp3) is 1.00. The van der Waals surface area contributed by atoms with Crippen molar-refractivity contribution >= 4 is 11.8 Å². The third-order valence-electron chi connectivity index (χ3n) is 3.80. The van der Waals surface area contributed by atoms with Gasteiger partial charge in [0.05, 0.1) is 0 Å². The Kier molecular flexibility index (Phi) is 6.02. The van der Waals surface area contributed by atoms with Crippen LogP contribution in [0.3, 0.4) is 0 Å². The fourth-order valence-electron chi connectivity index (χ4n) is 2.69. The van der Waals surface area contributed by atoms with Gasteiger partial charge in [-0.25, -0.2) is 0 Å². The summed E-state index contributed by atoms with van der Waals surface area (Å²) >= 11 is 2.12. The van der Waals surface area contributed by atoms with Crippen molar-refractivity contribution in [2.45, 2.75) is 32.1 Å². The summed E-state index contributed by atoms with van der Waals surface area (Å²) in [6.07, 6.45) is 7.05. The summed E-state index contributed by atoms with van der Waals surface area (Å²) < 4.78 is 0. The van der Waals surface area contributed by atoms with Gasteiger partial charge >= 0.3 is 0 Å². The molecular formula is C13H26N2S. The smallest absolute Gasteiger partial charge is 0.000664 e. The largest absolute Gasteiger partial charge is 0.316 e. The molecule has 2 heterocycles. The van der Waals surface area contributed by atoms with E-state index in [1.165, 1.54) is 76.3 Å². The maximum Gasteiger partial charge on any atom is -0.000664 e. The molecule has 94 valence electrons. The van der Waals surface area contributed by atoms with E-state index >= 15 is 0 Å². The van der Waals surface area contributed by atoms with Crippen molar-refractivity contribution in [3.8, 4) is 0 Å². The molecule has 3 heteroatoms. The van der Waals surface area contributed by atoms with E-state index in [9.17, 15) is 0 Å². The van der Waals surface area contributed by atoms with E-state index in [0.29, 0.717) is 0 Å². The van der Waals surface area contributed by atoms with Gasteiger partial charge in [0, 0.05) is 0 Å². The molecule has 0 spiro atoms. The number of thioether (sulfide) groups is 1. The average molecular weight is 242 g/mol. The normalized spacial score (nSPS) is 24.0. The van der Waals surface area contributed by atoms with Crippen LogP contribution in [0.25, 0.3) is 0 Å². The predicted molar refractivity (Wildman–Crippen MR) is 73.2 cm³/mol. The molecule has 2 saturated heterocycles. The minimum atomic E-state index is 0.966. The lowest BCUT2D eigenvalue weighted by atomic mass is 10.0. The van der Waals surface area contributed by atoms with E-state index < -0.39 is 0 Å². The van der Waals surface area contributed by atoms with Gasteiger partial charge in [-0.05, 0) is 82.3 Å². The van der Waals surface area contributed by atoms with Crippen LogP contribution in [0.15, 0.2) is 0 Å². The Bertz CT molecular complexity index is 175. The molecule has 0 amide bonds. The van der Waals surface area contributed by atoms with Gasteiger partial charge in [0.15, 0.2) is 0 Å². The topological polar surface area (TPSA) is 15.3 Å². The molecule has 0 aromatic carbocycles. The van der Waals surface area contributed by atoms with Crippen molar-refractivity contribution in [3.63, 3.8) is 0 Å². The van der Waals surface area contributed by atoms with Crippen LogP contribution >= 0.6 is 11.8 Å². The minimum Gasteiger partial charge on any atom is -0.316 e. The highest BCUT2D eigenvalue weighted by Gasteiger charge is 2.13. The maximum atomic E-state index is 3.64. The first-order valence-electron chi connectivity index (χ1n) is 6.96. The Labute approximate surface area is 105 Å². The highest BCUT2D eigenvalue weighted by atomic mass is 32.2. The summed E-state index contributed by atoms with van der Waals surface area (Å²) in [6, 6.07) is 0. The molecule has 0 atom stereocenters. The Balaban J connectivity index is 1.42. The van der Waals surface area contributed by atoms with E-state index in [-0.39, 0.29) is 0 Å². The van der Waals surface area contributed by atoms with Crippen molar-refractivity contribution < 1.29 is 0 Å². The first-order valence-corrected chi connectivity index (χ1v) is 8.11. The third kappa shape index (κ3) is 4.64. The zero-order chi connectivity index (χ0) is 11.1. The first kappa shape index (κ1) is 12.7. The van der Waals surface area contributed by atoms with Crippen molar-refractivity contribution in [1.82, 2.24) is 10.2 Å². The molecule has 0 aliphatic carbocycles. The molecule has 1 N–H and O–H groups in total. The average Bonchev–Trinajstić information content (AvgIpc) is 2.83. The van der Waals surface area contributed by atoms with E-state index in [2.05, 4.69) is 22.0 Å². The van der Waals surface area contributed by atoms with E-state index in [0.717, 1.165) is 5.92 Å². The Morgan fingerprint density at radius 1 is 1.12 bits per heavy atom. The summed E-state index contributed by atoms with van der Waals surface area (Å²) in [4.78, 5) is 2.61. The molecule has 0 unspecified atom stereocenters. The van der Waals surface area contributed by atoms with Gasteiger partial charge in [-0.2, -0.15) is 11.8 Å². The second-order valence-corrected chi connectivity index (χ2v) is 6.39. The zero-order valence-corrected chi connectivity index (χ0v) is 11.2. The van der Waals surface area contributed by atoms with Crippen LogP contribution < -0.4 is 5.32 Å². The SMILES string of the molecule is C1CCN(CCCNCC2CCSCC2)C1. The number of nitrogens with one attached hydrogen (secondary N) is 1. The minimum absolute atomic E-state index is 0.966. The molecule has 2 nitrogen and oxygen atoms in total. The van der Waals surface area contributed by atoms with Gasteiger partial charge in [-0.1, -0.05) is 0 Å². The molecular weight excluding hydrogens is 216 g/mol. The Hall–Kier alpha value is 0.270. The van der Waals surface area contributed by atoms with E-state index in [1.54, 1.807) is 0 Å². The van der Waals surface area contributed by atoms with Gasteiger partial charge < -0.3 is 10.2 Å². The van der Waals surface area contributed by atoms with Crippen LogP contribution in [0.5, 0.6) is 0 Å². The first-order chi connectivity index (χ1) is 7.95. The summed E-state index contributed by atoms with van der Waals surface area (Å²) in [5.74, 6) is 3.74. The van der Waals surface area contributed by atoms with Crippen LogP contribution in [0.4, 0.5) is 0 Å². The van der Waals surface area contributed by atoms with Crippen molar-refractivity contribution in [3.05, 3.63) is 0 Å². The second kappa shape index (κ2) is 7.57. The molecule has 2 aliphatic heterocycles. The van der Waals surface area contributed by atoms with Gasteiger partial charge in [-0.15, -0.1) is 0 Å². The summed E-state index contributed by atoms with van der Waals surface area (Å²) in [6.45, 7) is 6.49. The van der Waals surface area contributed by atoms with Crippen LogP contribution in [0.2, 0.25) is 0 Å². The zero-order valence-electron chi connectivity index (χ0n) is 10.4. The second-order valence-electron chi connectivity index (χ2n) is 5.16. The van der Waals surface area contributed by atoms with Gasteiger partial charge in [0.2, 0.25) is 0 Å². The highest BCUT2D eigenvalue weighted by Crippen LogP contribution is 2.21. The van der Waals surface area contributed by atoms with Gasteiger partial charge in [0.25, 0.3) is 0 Å². The van der Waals surface area contributed by atoms with E-state index in [1.807, 2.05) is 0 Å². The molecule has 0 bridgehead atoms. The van der Waals surface area contributed by atoms with Crippen LogP contribution in [-0.2, 0) is 0 Å². The molecule has 0 radical (unpaired) electrons. The van der Waals surface area contributed by atoms with Crippen molar-refractivity contribution in [2.24, 2.45) is 5.92 Å². The van der Waals surface area contributed by atoms with Gasteiger partial charge in [-0.3, -0.25) is 0 Å². The number of nitrogens with zero attached hydrogens (tertiary/aromatic N) is 1. The summed E-state index contributed by atoms with van der Waals surface area (Å²) in [5.41, 5.74) is 0. The summed E-state index contributed by atoms with van der Waals surface area (Å²) in [5, 5.41) is 3.64. The Morgan fingerprint density at radius 3 is 2.62 bits per heavy atom. The lowest BCUT2D eigenvalue weighted by molar-refractivity contribution is 0.328. The standard InChI is InChI=1S/C13H26N2S/c1-2-8-15(7-1)9-3-6-14-12-13-4-10-16-11-5-13/h13-14H,1-12H2. The number of likely N-dealkylation sites (tertiary alicyclic amines) is 1. The lowest BCUT2D eigenvalue weighted by Crippen LogP contribution is -2.29. The number of rotatable bonds is 6.